The van der Waals surface area contributed by atoms with Gasteiger partial charge in [-0.05, 0) is 38.1 Å². The number of hydrogen-bond donors (Lipinski definition) is 1. The lowest BCUT2D eigenvalue weighted by Gasteiger charge is -2.33. The predicted molar refractivity (Wildman–Crippen MR) is 89.9 cm³/mol. The van der Waals surface area contributed by atoms with Gasteiger partial charge < -0.3 is 19.9 Å². The molecule has 1 N–H and O–H groups in total. The minimum absolute atomic E-state index is 0.00837. The maximum atomic E-state index is 12.0. The van der Waals surface area contributed by atoms with Crippen LogP contribution in [0.25, 0.3) is 0 Å². The Balaban J connectivity index is 1.94. The molecule has 126 valence electrons. The number of hydrogen-bond acceptors (Lipinski definition) is 3. The predicted octanol–water partition coefficient (Wildman–Crippen LogP) is 2.12. The number of carbonyl (C=O) groups excluding carboxylic acids is 2. The van der Waals surface area contributed by atoms with Crippen LogP contribution in [0.15, 0.2) is 24.3 Å². The fraction of sp³-hybridized carbons (Fsp3) is 0.500. The van der Waals surface area contributed by atoms with Crippen LogP contribution in [0.3, 0.4) is 0 Å². The van der Waals surface area contributed by atoms with Crippen LogP contribution in [0.5, 0.6) is 0 Å². The van der Waals surface area contributed by atoms with Crippen molar-refractivity contribution < 1.29 is 14.3 Å². The number of rotatable bonds is 5. The third-order valence-corrected chi connectivity index (χ3v) is 4.05. The summed E-state index contributed by atoms with van der Waals surface area (Å²) in [5.74, 6) is -0.0985. The number of nitrogens with zero attached hydrogens (tertiary/aromatic N) is 2. The Morgan fingerprint density at radius 2 is 2.00 bits per heavy atom. The van der Waals surface area contributed by atoms with Crippen molar-refractivity contribution in [1.29, 1.82) is 0 Å². The molecule has 2 rings (SSSR count). The molecule has 0 spiro atoms. The van der Waals surface area contributed by atoms with Crippen LogP contribution in [-0.2, 0) is 9.53 Å². The van der Waals surface area contributed by atoms with Crippen molar-refractivity contribution in [3.05, 3.63) is 29.3 Å². The van der Waals surface area contributed by atoms with E-state index in [1.165, 1.54) is 0 Å². The number of halogens is 1. The van der Waals surface area contributed by atoms with Crippen molar-refractivity contribution in [2.75, 3.05) is 37.7 Å². The van der Waals surface area contributed by atoms with Gasteiger partial charge in [-0.3, -0.25) is 4.79 Å². The first kappa shape index (κ1) is 17.6. The molecular weight excluding hydrogens is 318 g/mol. The number of benzene rings is 1. The zero-order valence-electron chi connectivity index (χ0n) is 13.4. The van der Waals surface area contributed by atoms with Crippen molar-refractivity contribution in [2.45, 2.75) is 20.0 Å². The summed E-state index contributed by atoms with van der Waals surface area (Å²) in [6.45, 7) is 5.95. The fourth-order valence-corrected chi connectivity index (χ4v) is 2.57. The third kappa shape index (κ3) is 4.59. The van der Waals surface area contributed by atoms with Gasteiger partial charge >= 0.3 is 6.03 Å². The van der Waals surface area contributed by atoms with E-state index < -0.39 is 0 Å². The average molecular weight is 340 g/mol. The van der Waals surface area contributed by atoms with Crippen LogP contribution in [0.2, 0.25) is 5.02 Å². The van der Waals surface area contributed by atoms with E-state index >= 15 is 0 Å². The molecule has 0 aliphatic carbocycles. The second kappa shape index (κ2) is 8.17. The highest BCUT2D eigenvalue weighted by Gasteiger charge is 2.28. The molecule has 1 heterocycles. The molecule has 1 saturated heterocycles. The first-order valence-electron chi connectivity index (χ1n) is 7.75. The van der Waals surface area contributed by atoms with Crippen molar-refractivity contribution in [2.24, 2.45) is 0 Å². The first-order chi connectivity index (χ1) is 11.0. The SMILES string of the molecule is CCN(CC)C(=O)NCC1CN(c2ccc(Cl)cc2)C(=O)CO1. The summed E-state index contributed by atoms with van der Waals surface area (Å²) in [7, 11) is 0. The van der Waals surface area contributed by atoms with Gasteiger partial charge in [0.1, 0.15) is 6.61 Å². The van der Waals surface area contributed by atoms with Gasteiger partial charge in [-0.1, -0.05) is 11.6 Å². The second-order valence-electron chi connectivity index (χ2n) is 5.27. The lowest BCUT2D eigenvalue weighted by molar-refractivity contribution is -0.129. The number of amides is 3. The van der Waals surface area contributed by atoms with Gasteiger partial charge in [0.25, 0.3) is 5.91 Å². The van der Waals surface area contributed by atoms with Gasteiger partial charge in [0.15, 0.2) is 0 Å². The Kier molecular flexibility index (Phi) is 6.24. The standard InChI is InChI=1S/C16H22ClN3O3/c1-3-19(4-2)16(22)18-9-14-10-20(15(21)11-23-14)13-7-5-12(17)6-8-13/h5-8,14H,3-4,9-11H2,1-2H3,(H,18,22). The topological polar surface area (TPSA) is 61.9 Å². The van der Waals surface area contributed by atoms with Crippen molar-refractivity contribution in [1.82, 2.24) is 10.2 Å². The molecule has 6 nitrogen and oxygen atoms in total. The summed E-state index contributed by atoms with van der Waals surface area (Å²) < 4.78 is 5.51. The summed E-state index contributed by atoms with van der Waals surface area (Å²) in [5, 5.41) is 3.48. The van der Waals surface area contributed by atoms with E-state index in [0.717, 1.165) is 5.69 Å². The molecule has 1 unspecified atom stereocenters. The molecular formula is C16H22ClN3O3. The molecule has 0 bridgehead atoms. The van der Waals surface area contributed by atoms with E-state index in [-0.39, 0.29) is 24.6 Å². The number of anilines is 1. The highest BCUT2D eigenvalue weighted by Crippen LogP contribution is 2.21. The van der Waals surface area contributed by atoms with E-state index in [9.17, 15) is 9.59 Å². The number of carbonyl (C=O) groups is 2. The van der Waals surface area contributed by atoms with Crippen molar-refractivity contribution in [3.63, 3.8) is 0 Å². The number of urea groups is 1. The largest absolute Gasteiger partial charge is 0.365 e. The molecule has 1 aliphatic rings. The molecule has 1 aromatic rings. The van der Waals surface area contributed by atoms with E-state index in [4.69, 9.17) is 16.3 Å². The van der Waals surface area contributed by atoms with Crippen molar-refractivity contribution >= 4 is 29.2 Å². The molecule has 7 heteroatoms. The highest BCUT2D eigenvalue weighted by molar-refractivity contribution is 6.30. The summed E-state index contributed by atoms with van der Waals surface area (Å²) in [5.41, 5.74) is 0.780. The zero-order chi connectivity index (χ0) is 16.8. The number of morpholine rings is 1. The van der Waals surface area contributed by atoms with Crippen LogP contribution in [-0.4, -0.2) is 55.7 Å². The normalized spacial score (nSPS) is 18.0. The summed E-state index contributed by atoms with van der Waals surface area (Å²) >= 11 is 5.88. The number of nitrogens with one attached hydrogen (secondary N) is 1. The quantitative estimate of drug-likeness (QED) is 0.893. The average Bonchev–Trinajstić information content (AvgIpc) is 2.56. The van der Waals surface area contributed by atoms with Gasteiger partial charge in [0.05, 0.1) is 12.6 Å². The maximum absolute atomic E-state index is 12.0. The Labute approximate surface area is 141 Å². The summed E-state index contributed by atoms with van der Waals surface area (Å²) in [6, 6.07) is 6.98. The lowest BCUT2D eigenvalue weighted by Crippen LogP contribution is -2.52. The zero-order valence-corrected chi connectivity index (χ0v) is 14.2. The Morgan fingerprint density at radius 1 is 1.35 bits per heavy atom. The number of ether oxygens (including phenoxy) is 1. The van der Waals surface area contributed by atoms with E-state index in [1.807, 2.05) is 13.8 Å². The van der Waals surface area contributed by atoms with Gasteiger partial charge in [-0.25, -0.2) is 4.79 Å². The van der Waals surface area contributed by atoms with Crippen LogP contribution >= 0.6 is 11.6 Å². The van der Waals surface area contributed by atoms with Gasteiger partial charge in [-0.15, -0.1) is 0 Å². The van der Waals surface area contributed by atoms with E-state index in [2.05, 4.69) is 5.32 Å². The molecule has 1 aliphatic heterocycles. The smallest absolute Gasteiger partial charge is 0.317 e. The minimum atomic E-state index is -0.233. The fourth-order valence-electron chi connectivity index (χ4n) is 2.44. The second-order valence-corrected chi connectivity index (χ2v) is 5.71. The Morgan fingerprint density at radius 3 is 2.61 bits per heavy atom. The summed E-state index contributed by atoms with van der Waals surface area (Å²) in [6.07, 6.45) is -0.233. The molecule has 0 radical (unpaired) electrons. The van der Waals surface area contributed by atoms with Crippen LogP contribution in [0.1, 0.15) is 13.8 Å². The Hall–Kier alpha value is -1.79. The summed E-state index contributed by atoms with van der Waals surface area (Å²) in [4.78, 5) is 27.4. The molecule has 1 atom stereocenters. The van der Waals surface area contributed by atoms with Crippen LogP contribution in [0.4, 0.5) is 10.5 Å². The minimum Gasteiger partial charge on any atom is -0.365 e. The van der Waals surface area contributed by atoms with Gasteiger partial charge in [-0.2, -0.15) is 0 Å². The highest BCUT2D eigenvalue weighted by atomic mass is 35.5. The molecule has 1 fully saturated rings. The van der Waals surface area contributed by atoms with Gasteiger partial charge in [0, 0.05) is 30.3 Å². The third-order valence-electron chi connectivity index (χ3n) is 3.80. The molecule has 0 aromatic heterocycles. The molecule has 1 aromatic carbocycles. The monoisotopic (exact) mass is 339 g/mol. The van der Waals surface area contributed by atoms with E-state index in [0.29, 0.717) is 31.2 Å². The molecule has 0 saturated carbocycles. The van der Waals surface area contributed by atoms with Crippen LogP contribution in [0, 0.1) is 0 Å². The van der Waals surface area contributed by atoms with Crippen molar-refractivity contribution in [3.8, 4) is 0 Å². The molecule has 23 heavy (non-hydrogen) atoms. The lowest BCUT2D eigenvalue weighted by atomic mass is 10.2. The van der Waals surface area contributed by atoms with Gasteiger partial charge in [0.2, 0.25) is 0 Å². The Bertz CT molecular complexity index is 546. The first-order valence-corrected chi connectivity index (χ1v) is 8.13. The molecule has 3 amide bonds. The van der Waals surface area contributed by atoms with Crippen LogP contribution < -0.4 is 10.2 Å². The maximum Gasteiger partial charge on any atom is 0.317 e. The van der Waals surface area contributed by atoms with E-state index in [1.54, 1.807) is 34.1 Å².